The summed E-state index contributed by atoms with van der Waals surface area (Å²) in [5, 5.41) is 9.68. The van der Waals surface area contributed by atoms with Crippen LogP contribution in [0.2, 0.25) is 0 Å². The molecular formula is C7H17NO3. The third-order valence-corrected chi connectivity index (χ3v) is 2.02. The monoisotopic (exact) mass is 163 g/mol. The van der Waals surface area contributed by atoms with Gasteiger partial charge in [0.1, 0.15) is 0 Å². The normalized spacial score (nSPS) is 22.4. The molecule has 0 aromatic carbocycles. The van der Waals surface area contributed by atoms with E-state index in [2.05, 4.69) is 0 Å². The molecular weight excluding hydrogens is 146 g/mol. The summed E-state index contributed by atoms with van der Waals surface area (Å²) in [5.41, 5.74) is 4.45. The van der Waals surface area contributed by atoms with Crippen molar-refractivity contribution < 1.29 is 14.6 Å². The first-order chi connectivity index (χ1) is 4.93. The van der Waals surface area contributed by atoms with Crippen molar-refractivity contribution in [2.45, 2.75) is 31.8 Å². The Labute approximate surface area is 67.3 Å². The number of methoxy groups -OCH3 is 2. The fraction of sp³-hybridized carbons (Fsp3) is 1.00. The van der Waals surface area contributed by atoms with E-state index in [9.17, 15) is 5.11 Å². The van der Waals surface area contributed by atoms with Crippen molar-refractivity contribution in [3.05, 3.63) is 0 Å². The Kier molecular flexibility index (Phi) is 3.44. The lowest BCUT2D eigenvalue weighted by Gasteiger charge is -2.38. The van der Waals surface area contributed by atoms with Crippen LogP contribution < -0.4 is 5.73 Å². The first-order valence-electron chi connectivity index (χ1n) is 3.55. The van der Waals surface area contributed by atoms with E-state index >= 15 is 0 Å². The highest BCUT2D eigenvalue weighted by Crippen LogP contribution is 2.24. The minimum Gasteiger partial charge on any atom is -0.362 e. The predicted octanol–water partition coefficient (Wildman–Crippen LogP) is 0.0527. The summed E-state index contributed by atoms with van der Waals surface area (Å²) in [6.45, 7) is 3.34. The van der Waals surface area contributed by atoms with Crippen molar-refractivity contribution >= 4 is 0 Å². The van der Waals surface area contributed by atoms with Crippen molar-refractivity contribution in [1.82, 2.24) is 0 Å². The summed E-state index contributed by atoms with van der Waals surface area (Å²) in [4.78, 5) is 0. The molecule has 0 saturated heterocycles. The van der Waals surface area contributed by atoms with Gasteiger partial charge in [-0.2, -0.15) is 0 Å². The highest BCUT2D eigenvalue weighted by atomic mass is 16.7. The zero-order chi connectivity index (χ0) is 9.12. The lowest BCUT2D eigenvalue weighted by Crippen LogP contribution is -2.60. The molecule has 3 N–H and O–H groups in total. The molecule has 2 unspecified atom stereocenters. The van der Waals surface area contributed by atoms with E-state index in [0.29, 0.717) is 6.42 Å². The largest absolute Gasteiger partial charge is 0.362 e. The van der Waals surface area contributed by atoms with Crippen LogP contribution in [0.25, 0.3) is 0 Å². The van der Waals surface area contributed by atoms with Gasteiger partial charge in [-0.1, -0.05) is 6.92 Å². The molecule has 0 aromatic heterocycles. The Bertz CT molecular complexity index is 121. The standard InChI is InChI=1S/C7H17NO3/c1-5-7(9,11-4)6(2,8)10-3/h9H,5,8H2,1-4H3. The molecule has 0 aromatic rings. The van der Waals surface area contributed by atoms with Gasteiger partial charge in [-0.25, -0.2) is 0 Å². The molecule has 0 aliphatic carbocycles. The molecule has 0 spiro atoms. The van der Waals surface area contributed by atoms with Gasteiger partial charge >= 0.3 is 0 Å². The minimum absolute atomic E-state index is 0.379. The Morgan fingerprint density at radius 1 is 1.36 bits per heavy atom. The van der Waals surface area contributed by atoms with Crippen LogP contribution in [0.3, 0.4) is 0 Å². The van der Waals surface area contributed by atoms with Crippen LogP contribution in [-0.4, -0.2) is 30.8 Å². The zero-order valence-corrected chi connectivity index (χ0v) is 7.55. The van der Waals surface area contributed by atoms with Crippen molar-refractivity contribution in [1.29, 1.82) is 0 Å². The quantitative estimate of drug-likeness (QED) is 0.575. The molecule has 11 heavy (non-hydrogen) atoms. The molecule has 4 heteroatoms. The number of hydrogen-bond donors (Lipinski definition) is 2. The van der Waals surface area contributed by atoms with Gasteiger partial charge < -0.3 is 14.6 Å². The molecule has 0 saturated carbocycles. The third kappa shape index (κ3) is 1.90. The van der Waals surface area contributed by atoms with E-state index in [0.717, 1.165) is 0 Å². The lowest BCUT2D eigenvalue weighted by molar-refractivity contribution is -0.290. The smallest absolute Gasteiger partial charge is 0.208 e. The van der Waals surface area contributed by atoms with Gasteiger partial charge in [-0.3, -0.25) is 5.73 Å². The summed E-state index contributed by atoms with van der Waals surface area (Å²) in [5.74, 6) is -1.41. The highest BCUT2D eigenvalue weighted by Gasteiger charge is 2.43. The Balaban J connectivity index is 4.47. The van der Waals surface area contributed by atoms with Gasteiger partial charge in [-0.05, 0) is 6.92 Å². The Hall–Kier alpha value is -0.160. The molecule has 68 valence electrons. The Morgan fingerprint density at radius 2 is 1.82 bits per heavy atom. The van der Waals surface area contributed by atoms with Crippen LogP contribution in [0, 0.1) is 0 Å². The number of ether oxygens (including phenoxy) is 2. The predicted molar refractivity (Wildman–Crippen MR) is 41.9 cm³/mol. The van der Waals surface area contributed by atoms with Gasteiger partial charge in [0.05, 0.1) is 0 Å². The van der Waals surface area contributed by atoms with E-state index < -0.39 is 11.5 Å². The highest BCUT2D eigenvalue weighted by molar-refractivity contribution is 4.84. The molecule has 0 fully saturated rings. The fourth-order valence-corrected chi connectivity index (χ4v) is 0.857. The molecule has 0 aliphatic heterocycles. The summed E-state index contributed by atoms with van der Waals surface area (Å²) in [6.07, 6.45) is 0.379. The lowest BCUT2D eigenvalue weighted by atomic mass is 10.0. The van der Waals surface area contributed by atoms with Crippen LogP contribution >= 0.6 is 0 Å². The zero-order valence-electron chi connectivity index (χ0n) is 7.55. The van der Waals surface area contributed by atoms with Crippen molar-refractivity contribution in [2.24, 2.45) is 5.73 Å². The second-order valence-electron chi connectivity index (χ2n) is 2.65. The average molecular weight is 163 g/mol. The molecule has 0 aliphatic rings. The van der Waals surface area contributed by atoms with Crippen LogP contribution in [0.5, 0.6) is 0 Å². The summed E-state index contributed by atoms with van der Waals surface area (Å²) < 4.78 is 9.74. The summed E-state index contributed by atoms with van der Waals surface area (Å²) in [7, 11) is 2.83. The molecule has 0 heterocycles. The van der Waals surface area contributed by atoms with Crippen molar-refractivity contribution in [3.8, 4) is 0 Å². The SMILES string of the molecule is CCC(O)(OC)C(C)(N)OC. The molecule has 2 atom stereocenters. The van der Waals surface area contributed by atoms with Crippen LogP contribution in [-0.2, 0) is 9.47 Å². The first kappa shape index (κ1) is 10.8. The second-order valence-corrected chi connectivity index (χ2v) is 2.65. The van der Waals surface area contributed by atoms with Crippen molar-refractivity contribution in [3.63, 3.8) is 0 Å². The van der Waals surface area contributed by atoms with Gasteiger partial charge in [0, 0.05) is 20.6 Å². The maximum Gasteiger partial charge on any atom is 0.208 e. The van der Waals surface area contributed by atoms with E-state index in [1.165, 1.54) is 14.2 Å². The van der Waals surface area contributed by atoms with Crippen molar-refractivity contribution in [2.75, 3.05) is 14.2 Å². The van der Waals surface area contributed by atoms with Gasteiger partial charge in [0.15, 0.2) is 5.72 Å². The van der Waals surface area contributed by atoms with Crippen LogP contribution in [0.4, 0.5) is 0 Å². The molecule has 0 radical (unpaired) electrons. The Morgan fingerprint density at radius 3 is 1.91 bits per heavy atom. The van der Waals surface area contributed by atoms with Gasteiger partial charge in [-0.15, -0.1) is 0 Å². The average Bonchev–Trinajstić information content (AvgIpc) is 2.02. The molecule has 0 amide bonds. The first-order valence-corrected chi connectivity index (χ1v) is 3.55. The minimum atomic E-state index is -1.41. The fourth-order valence-electron chi connectivity index (χ4n) is 0.857. The number of aliphatic hydroxyl groups is 1. The topological polar surface area (TPSA) is 64.7 Å². The van der Waals surface area contributed by atoms with Gasteiger partial charge in [0.25, 0.3) is 0 Å². The maximum atomic E-state index is 9.68. The molecule has 0 rings (SSSR count). The van der Waals surface area contributed by atoms with Crippen LogP contribution in [0.1, 0.15) is 20.3 Å². The van der Waals surface area contributed by atoms with E-state index in [4.69, 9.17) is 15.2 Å². The number of hydrogen-bond acceptors (Lipinski definition) is 4. The third-order valence-electron chi connectivity index (χ3n) is 2.02. The second kappa shape index (κ2) is 3.49. The van der Waals surface area contributed by atoms with Gasteiger partial charge in [0.2, 0.25) is 5.79 Å². The van der Waals surface area contributed by atoms with Crippen LogP contribution in [0.15, 0.2) is 0 Å². The summed E-state index contributed by atoms with van der Waals surface area (Å²) in [6, 6.07) is 0. The number of rotatable bonds is 4. The molecule has 0 bridgehead atoms. The number of nitrogens with two attached hydrogens (primary N) is 1. The summed E-state index contributed by atoms with van der Waals surface area (Å²) >= 11 is 0. The van der Waals surface area contributed by atoms with E-state index in [-0.39, 0.29) is 0 Å². The van der Waals surface area contributed by atoms with E-state index in [1.807, 2.05) is 0 Å². The molecule has 4 nitrogen and oxygen atoms in total. The maximum absolute atomic E-state index is 9.68. The van der Waals surface area contributed by atoms with E-state index in [1.54, 1.807) is 13.8 Å².